The minimum absolute atomic E-state index is 0.0434. The Morgan fingerprint density at radius 1 is 1.16 bits per heavy atom. The molecule has 6 fully saturated rings. The summed E-state index contributed by atoms with van der Waals surface area (Å²) in [7, 11) is 0. The van der Waals surface area contributed by atoms with Crippen LogP contribution in [0.5, 0.6) is 0 Å². The summed E-state index contributed by atoms with van der Waals surface area (Å²) in [6.07, 6.45) is 0. The third-order valence-corrected chi connectivity index (χ3v) is 9.60. The maximum Gasteiger partial charge on any atom is 0.230 e. The molecule has 0 aromatic carbocycles. The quantitative estimate of drug-likeness (QED) is 0.679. The van der Waals surface area contributed by atoms with Crippen LogP contribution in [-0.4, -0.2) is 31.5 Å². The van der Waals surface area contributed by atoms with Crippen molar-refractivity contribution in [2.75, 3.05) is 0 Å². The van der Waals surface area contributed by atoms with Gasteiger partial charge in [0.2, 0.25) is 5.91 Å². The van der Waals surface area contributed by atoms with Crippen LogP contribution < -0.4 is 0 Å². The van der Waals surface area contributed by atoms with Crippen molar-refractivity contribution in [3.05, 3.63) is 0 Å². The van der Waals surface area contributed by atoms with Gasteiger partial charge in [0, 0.05) is 28.0 Å². The summed E-state index contributed by atoms with van der Waals surface area (Å²) in [6, 6.07) is 0.510. The Kier molecular flexibility index (Phi) is 1.58. The third kappa shape index (κ3) is 0.698. The van der Waals surface area contributed by atoms with Gasteiger partial charge in [-0.25, -0.2) is 0 Å². The maximum absolute atomic E-state index is 13.2. The molecule has 0 aromatic rings. The number of alkyl halides is 2. The van der Waals surface area contributed by atoms with Crippen LogP contribution in [0.3, 0.4) is 0 Å². The molecule has 19 heavy (non-hydrogen) atoms. The number of carbonyl (C=O) groups is 1. The van der Waals surface area contributed by atoms with Gasteiger partial charge in [-0.05, 0) is 51.3 Å². The van der Waals surface area contributed by atoms with Crippen LogP contribution in [-0.2, 0) is 4.79 Å². The predicted molar refractivity (Wildman–Crippen MR) is 80.3 cm³/mol. The number of nitrogens with zero attached hydrogens (tertiary/aromatic N) is 1. The normalized spacial score (nSPS) is 69.2. The Balaban J connectivity index is 1.54. The molecule has 6 rings (SSSR count). The topological polar surface area (TPSA) is 20.3 Å². The maximum atomic E-state index is 13.2. The van der Waals surface area contributed by atoms with E-state index in [0.717, 1.165) is 0 Å². The molecule has 6 aliphatic rings. The Morgan fingerprint density at radius 2 is 1.63 bits per heavy atom. The van der Waals surface area contributed by atoms with Gasteiger partial charge in [0.25, 0.3) is 0 Å². The molecule has 0 saturated heterocycles. The largest absolute Gasteiger partial charge is 0.337 e. The second-order valence-corrected chi connectivity index (χ2v) is 10.3. The van der Waals surface area contributed by atoms with Crippen LogP contribution in [0.1, 0.15) is 29.1 Å². The van der Waals surface area contributed by atoms with E-state index in [1.165, 1.54) is 0 Å². The molecule has 104 valence electrons. The van der Waals surface area contributed by atoms with E-state index in [0.29, 0.717) is 29.6 Å². The molecule has 0 radical (unpaired) electrons. The fourth-order valence-electron chi connectivity index (χ4n) is 6.80. The summed E-state index contributed by atoms with van der Waals surface area (Å²) in [6.45, 7) is 8.44. The Morgan fingerprint density at radius 3 is 2.00 bits per heavy atom. The van der Waals surface area contributed by atoms with E-state index in [2.05, 4.69) is 64.5 Å². The second kappa shape index (κ2) is 2.71. The van der Waals surface area contributed by atoms with Gasteiger partial charge in [0.05, 0.1) is 5.41 Å². The number of hydrogen-bond donors (Lipinski definition) is 0. The van der Waals surface area contributed by atoms with Crippen LogP contribution in [0.2, 0.25) is 0 Å². The van der Waals surface area contributed by atoms with Crippen molar-refractivity contribution in [1.29, 1.82) is 0 Å². The van der Waals surface area contributed by atoms with Gasteiger partial charge in [-0.2, -0.15) is 0 Å². The molecule has 4 atom stereocenters. The molecule has 0 aromatic heterocycles. The van der Waals surface area contributed by atoms with Crippen molar-refractivity contribution in [2.24, 2.45) is 35.0 Å². The van der Waals surface area contributed by atoms with Gasteiger partial charge in [0.15, 0.2) is 0 Å². The lowest BCUT2D eigenvalue weighted by molar-refractivity contribution is -0.554. The Bertz CT molecular complexity index is 558. The monoisotopic (exact) mass is 388 g/mol. The average Bonchev–Trinajstić information content (AvgIpc) is 2.29. The van der Waals surface area contributed by atoms with Gasteiger partial charge >= 0.3 is 0 Å². The summed E-state index contributed by atoms with van der Waals surface area (Å²) in [5, 5.41) is 0. The second-order valence-electron chi connectivity index (χ2n) is 7.70. The zero-order valence-corrected chi connectivity index (χ0v) is 14.7. The number of rotatable bonds is 3. The highest BCUT2D eigenvalue weighted by Gasteiger charge is 3.16. The highest BCUT2D eigenvalue weighted by atomic mass is 79.9. The third-order valence-electron chi connectivity index (χ3n) is 6.85. The summed E-state index contributed by atoms with van der Waals surface area (Å²) >= 11 is 7.70. The minimum Gasteiger partial charge on any atom is -0.337 e. The van der Waals surface area contributed by atoms with E-state index in [4.69, 9.17) is 1.37 Å². The van der Waals surface area contributed by atoms with Crippen LogP contribution in [0.25, 0.3) is 0 Å². The van der Waals surface area contributed by atoms with Crippen molar-refractivity contribution >= 4 is 37.8 Å². The Labute approximate surface area is 132 Å². The first kappa shape index (κ1) is 11.1. The molecular formula is C15H19Br2NO. The van der Waals surface area contributed by atoms with Gasteiger partial charge in [0.1, 0.15) is 0 Å². The lowest BCUT2D eigenvalue weighted by Gasteiger charge is -3.12. The molecule has 4 unspecified atom stereocenters. The molecule has 4 heteroatoms. The molecule has 1 amide bonds. The van der Waals surface area contributed by atoms with Crippen LogP contribution in [0, 0.1) is 35.0 Å². The zero-order valence-electron chi connectivity index (χ0n) is 12.6. The van der Waals surface area contributed by atoms with E-state index in [1.54, 1.807) is 0 Å². The molecular weight excluding hydrogens is 370 g/mol. The van der Waals surface area contributed by atoms with Crippen molar-refractivity contribution in [3.8, 4) is 0 Å². The van der Waals surface area contributed by atoms with Crippen LogP contribution in [0.4, 0.5) is 0 Å². The Hall–Kier alpha value is 0.430. The summed E-state index contributed by atoms with van der Waals surface area (Å²) in [5.41, 5.74) is -0.116. The van der Waals surface area contributed by atoms with Crippen LogP contribution >= 0.6 is 31.9 Å². The van der Waals surface area contributed by atoms with E-state index in [9.17, 15) is 4.79 Å². The summed E-state index contributed by atoms with van der Waals surface area (Å²) < 4.78 is 8.59. The lowest BCUT2D eigenvalue weighted by Crippen LogP contribution is -3.18. The predicted octanol–water partition coefficient (Wildman–Crippen LogP) is 3.03. The van der Waals surface area contributed by atoms with Crippen LogP contribution in [0.15, 0.2) is 0 Å². The molecule has 0 aliphatic heterocycles. The lowest BCUT2D eigenvalue weighted by atomic mass is 8.96. The fraction of sp³-hybridized carbons (Fsp3) is 0.933. The number of halogens is 2. The van der Waals surface area contributed by atoms with Crippen molar-refractivity contribution in [1.82, 2.24) is 4.90 Å². The highest BCUT2D eigenvalue weighted by Crippen LogP contribution is 3.11. The average molecular weight is 390 g/mol. The standard InChI is InChI=1S/C15H19Br2NO/c1-5(2)18(6(3)4)12(19)13-8-7-9(13)15(17)10(7)14(8,16)11(13)15/h5-11H,1-4H3/i10D. The SMILES string of the molecule is [2H]C12C3C4C5(C(=O)N(C(C)C)C(C)C)C3C1(Br)C5C42Br. The first-order valence-corrected chi connectivity index (χ1v) is 8.94. The first-order valence-electron chi connectivity index (χ1n) is 7.86. The van der Waals surface area contributed by atoms with Crippen molar-refractivity contribution in [2.45, 2.75) is 48.4 Å². The molecule has 0 bridgehead atoms. The van der Waals surface area contributed by atoms with Gasteiger partial charge in [-0.1, -0.05) is 31.9 Å². The van der Waals surface area contributed by atoms with Gasteiger partial charge in [-0.3, -0.25) is 4.79 Å². The van der Waals surface area contributed by atoms with E-state index < -0.39 is 0 Å². The molecule has 0 spiro atoms. The molecule has 2 nitrogen and oxygen atoms in total. The van der Waals surface area contributed by atoms with Crippen molar-refractivity contribution < 1.29 is 6.17 Å². The van der Waals surface area contributed by atoms with E-state index in [-0.39, 0.29) is 32.0 Å². The number of hydrogen-bond acceptors (Lipinski definition) is 1. The zero-order chi connectivity index (χ0) is 14.6. The van der Waals surface area contributed by atoms with Gasteiger partial charge in [-0.15, -0.1) is 0 Å². The van der Waals surface area contributed by atoms with E-state index >= 15 is 0 Å². The fourth-order valence-corrected chi connectivity index (χ4v) is 11.4. The number of carbonyl (C=O) groups excluding carboxylic acids is 1. The molecule has 0 heterocycles. The van der Waals surface area contributed by atoms with E-state index in [1.807, 2.05) is 0 Å². The first-order chi connectivity index (χ1) is 9.15. The van der Waals surface area contributed by atoms with Crippen molar-refractivity contribution in [3.63, 3.8) is 0 Å². The molecule has 0 N–H and O–H groups in total. The molecule has 6 saturated carbocycles. The summed E-state index contributed by atoms with van der Waals surface area (Å²) in [4.78, 5) is 15.3. The smallest absolute Gasteiger partial charge is 0.230 e. The minimum atomic E-state index is -0.317. The highest BCUT2D eigenvalue weighted by molar-refractivity contribution is 9.11. The molecule has 6 aliphatic carbocycles. The summed E-state index contributed by atoms with van der Waals surface area (Å²) in [5.74, 6) is 1.75. The van der Waals surface area contributed by atoms with Gasteiger partial charge < -0.3 is 4.90 Å². The number of amides is 1.